The highest BCUT2D eigenvalue weighted by Crippen LogP contribution is 2.31. The number of benzene rings is 1. The molecule has 0 N–H and O–H groups in total. The largest absolute Gasteiger partial charge is 0.368 e. The SMILES string of the molecule is Cc1csc([C@@H]2CN([C@H](C(=O)N(C)C)c3ccccc3)CCO2)n1. The summed E-state index contributed by atoms with van der Waals surface area (Å²) in [5.74, 6) is 0.0946. The van der Waals surface area contributed by atoms with Gasteiger partial charge in [-0.3, -0.25) is 9.69 Å². The highest BCUT2D eigenvalue weighted by Gasteiger charge is 2.34. The first-order valence-electron chi connectivity index (χ1n) is 8.10. The van der Waals surface area contributed by atoms with Crippen LogP contribution in [0.1, 0.15) is 28.4 Å². The predicted molar refractivity (Wildman–Crippen MR) is 95.0 cm³/mol. The molecule has 2 heterocycles. The summed E-state index contributed by atoms with van der Waals surface area (Å²) in [5.41, 5.74) is 2.03. The van der Waals surface area contributed by atoms with Gasteiger partial charge in [0.1, 0.15) is 17.2 Å². The van der Waals surface area contributed by atoms with Crippen molar-refractivity contribution < 1.29 is 9.53 Å². The fraction of sp³-hybridized carbons (Fsp3) is 0.444. The lowest BCUT2D eigenvalue weighted by atomic mass is 10.0. The molecule has 6 heteroatoms. The standard InChI is InChI=1S/C18H23N3O2S/c1-13-12-24-17(19-13)15-11-21(9-10-23-15)16(18(22)20(2)3)14-7-5-4-6-8-14/h4-8,12,15-16H,9-11H2,1-3H3/t15-,16-/m0/s1. The fourth-order valence-electron chi connectivity index (χ4n) is 2.96. The number of carbonyl (C=O) groups is 1. The zero-order valence-electron chi connectivity index (χ0n) is 14.3. The summed E-state index contributed by atoms with van der Waals surface area (Å²) in [5, 5.41) is 3.03. The number of thiazole rings is 1. The average Bonchev–Trinajstić information content (AvgIpc) is 3.03. The van der Waals surface area contributed by atoms with E-state index in [1.54, 1.807) is 30.3 Å². The van der Waals surface area contributed by atoms with Gasteiger partial charge in [-0.15, -0.1) is 11.3 Å². The van der Waals surface area contributed by atoms with Crippen molar-refractivity contribution in [1.29, 1.82) is 0 Å². The Balaban J connectivity index is 1.85. The van der Waals surface area contributed by atoms with Crippen molar-refractivity contribution in [3.63, 3.8) is 0 Å². The van der Waals surface area contributed by atoms with Crippen LogP contribution in [0.25, 0.3) is 0 Å². The van der Waals surface area contributed by atoms with Crippen LogP contribution in [0, 0.1) is 6.92 Å². The van der Waals surface area contributed by atoms with Gasteiger partial charge in [0.05, 0.1) is 6.61 Å². The van der Waals surface area contributed by atoms with Gasteiger partial charge in [-0.2, -0.15) is 0 Å². The highest BCUT2D eigenvalue weighted by molar-refractivity contribution is 7.09. The number of ether oxygens (including phenoxy) is 1. The summed E-state index contributed by atoms with van der Waals surface area (Å²) in [4.78, 5) is 21.2. The monoisotopic (exact) mass is 345 g/mol. The molecule has 128 valence electrons. The molecule has 5 nitrogen and oxygen atoms in total. The molecule has 1 fully saturated rings. The van der Waals surface area contributed by atoms with E-state index in [1.807, 2.05) is 42.6 Å². The Morgan fingerprint density at radius 2 is 2.12 bits per heavy atom. The van der Waals surface area contributed by atoms with Gasteiger partial charge in [0, 0.05) is 38.3 Å². The Morgan fingerprint density at radius 1 is 1.38 bits per heavy atom. The Kier molecular flexibility index (Phi) is 5.28. The molecule has 0 unspecified atom stereocenters. The Bertz CT molecular complexity index is 687. The van der Waals surface area contributed by atoms with E-state index in [4.69, 9.17) is 4.74 Å². The number of aryl methyl sites for hydroxylation is 1. The second-order valence-corrected chi connectivity index (χ2v) is 7.12. The third-order valence-corrected chi connectivity index (χ3v) is 5.22. The first-order valence-corrected chi connectivity index (χ1v) is 8.98. The van der Waals surface area contributed by atoms with E-state index < -0.39 is 0 Å². The highest BCUT2D eigenvalue weighted by atomic mass is 32.1. The molecule has 1 aliphatic heterocycles. The van der Waals surface area contributed by atoms with Crippen LogP contribution in [0.15, 0.2) is 35.7 Å². The fourth-order valence-corrected chi connectivity index (χ4v) is 3.80. The molecule has 2 aromatic rings. The van der Waals surface area contributed by atoms with Crippen LogP contribution in [0.4, 0.5) is 0 Å². The summed E-state index contributed by atoms with van der Waals surface area (Å²) in [6, 6.07) is 9.68. The van der Waals surface area contributed by atoms with E-state index >= 15 is 0 Å². The Hall–Kier alpha value is -1.76. The zero-order chi connectivity index (χ0) is 17.1. The van der Waals surface area contributed by atoms with Crippen molar-refractivity contribution in [1.82, 2.24) is 14.8 Å². The lowest BCUT2D eigenvalue weighted by Crippen LogP contribution is -2.46. The minimum Gasteiger partial charge on any atom is -0.368 e. The molecule has 3 rings (SSSR count). The van der Waals surface area contributed by atoms with Crippen molar-refractivity contribution in [2.45, 2.75) is 19.1 Å². The first kappa shape index (κ1) is 17.1. The van der Waals surface area contributed by atoms with Crippen LogP contribution in [-0.4, -0.2) is 54.5 Å². The van der Waals surface area contributed by atoms with Gasteiger partial charge < -0.3 is 9.64 Å². The molecule has 1 amide bonds. The maximum atomic E-state index is 12.8. The van der Waals surface area contributed by atoms with Gasteiger partial charge >= 0.3 is 0 Å². The minimum atomic E-state index is -0.284. The number of likely N-dealkylation sites (N-methyl/N-ethyl adjacent to an activating group) is 1. The van der Waals surface area contributed by atoms with Crippen molar-refractivity contribution >= 4 is 17.2 Å². The van der Waals surface area contributed by atoms with E-state index in [1.165, 1.54) is 0 Å². The third kappa shape index (κ3) is 3.66. The first-order chi connectivity index (χ1) is 11.6. The van der Waals surface area contributed by atoms with Crippen LogP contribution in [-0.2, 0) is 9.53 Å². The molecular weight excluding hydrogens is 322 g/mol. The van der Waals surface area contributed by atoms with Gasteiger partial charge in [0.2, 0.25) is 5.91 Å². The van der Waals surface area contributed by atoms with Gasteiger partial charge in [-0.1, -0.05) is 30.3 Å². The molecule has 0 saturated carbocycles. The number of nitrogens with zero attached hydrogens (tertiary/aromatic N) is 3. The number of morpholine rings is 1. The third-order valence-electron chi connectivity index (χ3n) is 4.17. The number of rotatable bonds is 4. The zero-order valence-corrected chi connectivity index (χ0v) is 15.1. The van der Waals surface area contributed by atoms with Crippen LogP contribution in [0.5, 0.6) is 0 Å². The summed E-state index contributed by atoms with van der Waals surface area (Å²) in [6.45, 7) is 4.00. The molecule has 0 spiro atoms. The summed E-state index contributed by atoms with van der Waals surface area (Å²) in [6.07, 6.45) is -0.0707. The van der Waals surface area contributed by atoms with E-state index in [0.717, 1.165) is 22.8 Å². The van der Waals surface area contributed by atoms with E-state index in [-0.39, 0.29) is 18.1 Å². The topological polar surface area (TPSA) is 45.7 Å². The molecule has 24 heavy (non-hydrogen) atoms. The molecule has 1 aromatic heterocycles. The maximum Gasteiger partial charge on any atom is 0.244 e. The molecule has 0 radical (unpaired) electrons. The number of carbonyl (C=O) groups excluding carboxylic acids is 1. The summed E-state index contributed by atoms with van der Waals surface area (Å²) in [7, 11) is 3.61. The quantitative estimate of drug-likeness (QED) is 0.855. The Morgan fingerprint density at radius 3 is 2.75 bits per heavy atom. The lowest BCUT2D eigenvalue weighted by molar-refractivity contribution is -0.138. The number of aromatic nitrogens is 1. The molecule has 1 aliphatic rings. The Labute approximate surface area is 146 Å². The van der Waals surface area contributed by atoms with E-state index in [0.29, 0.717) is 13.2 Å². The van der Waals surface area contributed by atoms with Crippen molar-refractivity contribution in [3.05, 3.63) is 52.0 Å². The van der Waals surface area contributed by atoms with Crippen LogP contribution < -0.4 is 0 Å². The molecule has 1 aromatic carbocycles. The molecule has 1 saturated heterocycles. The summed E-state index contributed by atoms with van der Waals surface area (Å²) < 4.78 is 5.92. The molecule has 0 aliphatic carbocycles. The smallest absolute Gasteiger partial charge is 0.244 e. The normalized spacial score (nSPS) is 19.9. The van der Waals surface area contributed by atoms with Crippen molar-refractivity contribution in [2.24, 2.45) is 0 Å². The lowest BCUT2D eigenvalue weighted by Gasteiger charge is -2.38. The van der Waals surface area contributed by atoms with Crippen LogP contribution >= 0.6 is 11.3 Å². The second-order valence-electron chi connectivity index (χ2n) is 6.23. The van der Waals surface area contributed by atoms with Gasteiger partial charge in [0.25, 0.3) is 0 Å². The predicted octanol–water partition coefficient (Wildman–Crippen LogP) is 2.65. The van der Waals surface area contributed by atoms with Crippen molar-refractivity contribution in [3.8, 4) is 0 Å². The molecular formula is C18H23N3O2S. The van der Waals surface area contributed by atoms with E-state index in [9.17, 15) is 4.79 Å². The number of hydrogen-bond acceptors (Lipinski definition) is 5. The molecule has 0 bridgehead atoms. The number of hydrogen-bond donors (Lipinski definition) is 0. The van der Waals surface area contributed by atoms with Crippen molar-refractivity contribution in [2.75, 3.05) is 33.8 Å². The maximum absolute atomic E-state index is 12.8. The minimum absolute atomic E-state index is 0.0707. The van der Waals surface area contributed by atoms with Crippen LogP contribution in [0.2, 0.25) is 0 Å². The average molecular weight is 345 g/mol. The summed E-state index contributed by atoms with van der Waals surface area (Å²) >= 11 is 1.62. The number of amides is 1. The van der Waals surface area contributed by atoms with Gasteiger partial charge in [-0.25, -0.2) is 4.98 Å². The van der Waals surface area contributed by atoms with Crippen LogP contribution in [0.3, 0.4) is 0 Å². The van der Waals surface area contributed by atoms with Gasteiger partial charge in [-0.05, 0) is 12.5 Å². The molecule has 2 atom stereocenters. The second kappa shape index (κ2) is 7.42. The van der Waals surface area contributed by atoms with Gasteiger partial charge in [0.15, 0.2) is 0 Å². The van der Waals surface area contributed by atoms with E-state index in [2.05, 4.69) is 9.88 Å².